The highest BCUT2D eigenvalue weighted by atomic mass is 32.2. The van der Waals surface area contributed by atoms with Crippen molar-refractivity contribution in [1.29, 1.82) is 0 Å². The van der Waals surface area contributed by atoms with Crippen LogP contribution in [0.25, 0.3) is 10.8 Å². The molecule has 0 bridgehead atoms. The molecule has 0 saturated heterocycles. The molecular formula is C28H34N2O4S. The quantitative estimate of drug-likeness (QED) is 0.474. The third kappa shape index (κ3) is 5.74. The monoisotopic (exact) mass is 494 g/mol. The van der Waals surface area contributed by atoms with E-state index in [4.69, 9.17) is 0 Å². The first-order chi connectivity index (χ1) is 16.6. The molecule has 0 spiro atoms. The number of benzene rings is 3. The van der Waals surface area contributed by atoms with Crippen LogP contribution in [0, 0.1) is 5.92 Å². The average Bonchev–Trinajstić information content (AvgIpc) is 3.24. The summed E-state index contributed by atoms with van der Waals surface area (Å²) < 4.78 is 26.8. The number of aliphatic hydroxyl groups excluding tert-OH is 1. The molecule has 0 fully saturated rings. The maximum absolute atomic E-state index is 13.2. The number of carbonyl (C=O) groups excluding carboxylic acids is 1. The van der Waals surface area contributed by atoms with Crippen LogP contribution >= 0.6 is 0 Å². The van der Waals surface area contributed by atoms with Crippen molar-refractivity contribution < 1.29 is 18.3 Å². The van der Waals surface area contributed by atoms with E-state index in [9.17, 15) is 18.3 Å². The Morgan fingerprint density at radius 2 is 1.60 bits per heavy atom. The van der Waals surface area contributed by atoms with Crippen LogP contribution in [-0.2, 0) is 22.9 Å². The van der Waals surface area contributed by atoms with Crippen molar-refractivity contribution >= 4 is 26.7 Å². The van der Waals surface area contributed by atoms with E-state index in [1.54, 1.807) is 6.07 Å². The van der Waals surface area contributed by atoms with Crippen LogP contribution in [-0.4, -0.2) is 54.7 Å². The summed E-state index contributed by atoms with van der Waals surface area (Å²) in [5.41, 5.74) is 2.91. The highest BCUT2D eigenvalue weighted by molar-refractivity contribution is 7.88. The summed E-state index contributed by atoms with van der Waals surface area (Å²) in [6, 6.07) is 20.7. The molecule has 1 amide bonds. The molecule has 0 aliphatic heterocycles. The van der Waals surface area contributed by atoms with Crippen molar-refractivity contribution in [3.63, 3.8) is 0 Å². The number of fused-ring (bicyclic) bond motifs is 2. The summed E-state index contributed by atoms with van der Waals surface area (Å²) in [6.45, 7) is 4.09. The fourth-order valence-corrected chi connectivity index (χ4v) is 6.28. The fraction of sp³-hybridized carbons (Fsp3) is 0.393. The standard InChI is InChI=1S/C28H34N2O4S/c1-19(2)27(29-28(32)25-14-8-12-20-9-6-7-13-24(20)25)26(31)15-16-30(35(3,33)34)23-17-21-10-4-5-11-22(21)18-23/h4-14,19,23,26-27,31H,15-18H2,1-3H3,(H,29,32). The van der Waals surface area contributed by atoms with Crippen molar-refractivity contribution in [2.75, 3.05) is 12.8 Å². The molecule has 0 radical (unpaired) electrons. The second-order valence-electron chi connectivity index (χ2n) is 9.83. The lowest BCUT2D eigenvalue weighted by Crippen LogP contribution is -2.49. The molecule has 0 aromatic heterocycles. The molecule has 6 nitrogen and oxygen atoms in total. The molecule has 1 aliphatic rings. The van der Waals surface area contributed by atoms with Crippen LogP contribution in [0.4, 0.5) is 0 Å². The number of amides is 1. The number of aliphatic hydroxyl groups is 1. The Hall–Kier alpha value is -2.74. The van der Waals surface area contributed by atoms with E-state index in [1.807, 2.05) is 74.5 Å². The van der Waals surface area contributed by atoms with Crippen molar-refractivity contribution in [3.05, 3.63) is 83.4 Å². The van der Waals surface area contributed by atoms with Crippen LogP contribution in [0.2, 0.25) is 0 Å². The molecular weight excluding hydrogens is 460 g/mol. The van der Waals surface area contributed by atoms with Gasteiger partial charge >= 0.3 is 0 Å². The van der Waals surface area contributed by atoms with Gasteiger partial charge in [-0.1, -0.05) is 74.5 Å². The molecule has 2 unspecified atom stereocenters. The molecule has 3 aromatic carbocycles. The van der Waals surface area contributed by atoms with E-state index in [-0.39, 0.29) is 30.8 Å². The van der Waals surface area contributed by atoms with Crippen molar-refractivity contribution in [3.8, 4) is 0 Å². The molecule has 1 aliphatic carbocycles. The van der Waals surface area contributed by atoms with Gasteiger partial charge in [0, 0.05) is 18.2 Å². The number of nitrogens with one attached hydrogen (secondary N) is 1. The Labute approximate surface area is 208 Å². The molecule has 4 rings (SSSR count). The maximum atomic E-state index is 13.2. The normalized spacial score (nSPS) is 15.9. The highest BCUT2D eigenvalue weighted by Gasteiger charge is 2.33. The molecule has 186 valence electrons. The van der Waals surface area contributed by atoms with Gasteiger partial charge in [0.05, 0.1) is 18.4 Å². The zero-order valence-electron chi connectivity index (χ0n) is 20.5. The molecule has 7 heteroatoms. The van der Waals surface area contributed by atoms with Gasteiger partial charge in [-0.25, -0.2) is 8.42 Å². The summed E-state index contributed by atoms with van der Waals surface area (Å²) in [6.07, 6.45) is 1.92. The van der Waals surface area contributed by atoms with Gasteiger partial charge in [0.15, 0.2) is 0 Å². The summed E-state index contributed by atoms with van der Waals surface area (Å²) in [5.74, 6) is -0.280. The number of rotatable bonds is 9. The predicted molar refractivity (Wildman–Crippen MR) is 140 cm³/mol. The Bertz CT molecular complexity index is 1270. The van der Waals surface area contributed by atoms with Gasteiger partial charge in [0.25, 0.3) is 5.91 Å². The van der Waals surface area contributed by atoms with Crippen LogP contribution in [0.5, 0.6) is 0 Å². The van der Waals surface area contributed by atoms with Gasteiger partial charge < -0.3 is 10.4 Å². The highest BCUT2D eigenvalue weighted by Crippen LogP contribution is 2.27. The van der Waals surface area contributed by atoms with Gasteiger partial charge in [-0.05, 0) is 53.1 Å². The topological polar surface area (TPSA) is 86.7 Å². The van der Waals surface area contributed by atoms with E-state index < -0.39 is 22.2 Å². The molecule has 2 N–H and O–H groups in total. The second kappa shape index (κ2) is 10.5. The molecule has 0 heterocycles. The lowest BCUT2D eigenvalue weighted by atomic mass is 9.95. The van der Waals surface area contributed by atoms with Crippen LogP contribution < -0.4 is 5.32 Å². The minimum absolute atomic E-state index is 0.0358. The molecule has 35 heavy (non-hydrogen) atoms. The summed E-state index contributed by atoms with van der Waals surface area (Å²) in [7, 11) is -3.46. The Morgan fingerprint density at radius 3 is 2.23 bits per heavy atom. The minimum Gasteiger partial charge on any atom is -0.391 e. The lowest BCUT2D eigenvalue weighted by molar-refractivity contribution is 0.0704. The SMILES string of the molecule is CC(C)C(NC(=O)c1cccc2ccccc12)C(O)CCN(C1Cc2ccccc2C1)S(C)(=O)=O. The minimum atomic E-state index is -3.46. The largest absolute Gasteiger partial charge is 0.391 e. The van der Waals surface area contributed by atoms with Crippen molar-refractivity contribution in [2.24, 2.45) is 5.92 Å². The predicted octanol–water partition coefficient (Wildman–Crippen LogP) is 3.77. The summed E-state index contributed by atoms with van der Waals surface area (Å²) >= 11 is 0. The summed E-state index contributed by atoms with van der Waals surface area (Å²) in [4.78, 5) is 13.2. The van der Waals surface area contributed by atoms with E-state index in [0.717, 1.165) is 10.8 Å². The first kappa shape index (κ1) is 25.4. The molecule has 2 atom stereocenters. The number of nitrogens with zero attached hydrogens (tertiary/aromatic N) is 1. The first-order valence-corrected chi connectivity index (χ1v) is 14.0. The van der Waals surface area contributed by atoms with Gasteiger partial charge in [-0.15, -0.1) is 0 Å². The number of sulfonamides is 1. The van der Waals surface area contributed by atoms with E-state index in [0.29, 0.717) is 18.4 Å². The van der Waals surface area contributed by atoms with E-state index in [2.05, 4.69) is 5.32 Å². The van der Waals surface area contributed by atoms with Gasteiger partial charge in [0.2, 0.25) is 10.0 Å². The van der Waals surface area contributed by atoms with Crippen molar-refractivity contribution in [1.82, 2.24) is 9.62 Å². The molecule has 3 aromatic rings. The summed E-state index contributed by atoms with van der Waals surface area (Å²) in [5, 5.41) is 15.9. The van der Waals surface area contributed by atoms with Gasteiger partial charge in [0.1, 0.15) is 0 Å². The lowest BCUT2D eigenvalue weighted by Gasteiger charge is -2.31. The van der Waals surface area contributed by atoms with Gasteiger partial charge in [-0.3, -0.25) is 4.79 Å². The second-order valence-corrected chi connectivity index (χ2v) is 11.8. The first-order valence-electron chi connectivity index (χ1n) is 12.2. The Morgan fingerprint density at radius 1 is 1.00 bits per heavy atom. The zero-order valence-corrected chi connectivity index (χ0v) is 21.3. The maximum Gasteiger partial charge on any atom is 0.252 e. The third-order valence-electron chi connectivity index (χ3n) is 6.97. The smallest absolute Gasteiger partial charge is 0.252 e. The fourth-order valence-electron chi connectivity index (χ4n) is 5.16. The Balaban J connectivity index is 1.46. The third-order valence-corrected chi connectivity index (χ3v) is 8.31. The Kier molecular flexibility index (Phi) is 7.59. The number of carbonyl (C=O) groups is 1. The van der Waals surface area contributed by atoms with Gasteiger partial charge in [-0.2, -0.15) is 4.31 Å². The molecule has 0 saturated carbocycles. The van der Waals surface area contributed by atoms with Crippen molar-refractivity contribution in [2.45, 2.75) is 51.3 Å². The van der Waals surface area contributed by atoms with Crippen LogP contribution in [0.3, 0.4) is 0 Å². The van der Waals surface area contributed by atoms with Crippen LogP contribution in [0.1, 0.15) is 41.8 Å². The zero-order chi connectivity index (χ0) is 25.2. The average molecular weight is 495 g/mol. The number of hydrogen-bond acceptors (Lipinski definition) is 4. The van der Waals surface area contributed by atoms with E-state index in [1.165, 1.54) is 21.7 Å². The number of hydrogen-bond donors (Lipinski definition) is 2. The van der Waals surface area contributed by atoms with E-state index >= 15 is 0 Å². The van der Waals surface area contributed by atoms with Crippen LogP contribution in [0.15, 0.2) is 66.7 Å².